The molecule has 2 rings (SSSR count). The third-order valence-electron chi connectivity index (χ3n) is 4.64. The lowest BCUT2D eigenvalue weighted by molar-refractivity contribution is -0.156. The van der Waals surface area contributed by atoms with Crippen molar-refractivity contribution in [1.82, 2.24) is 10.2 Å². The molecule has 120 valence electrons. The van der Waals surface area contributed by atoms with Gasteiger partial charge in [0.05, 0.1) is 0 Å². The van der Waals surface area contributed by atoms with Crippen molar-refractivity contribution in [2.45, 2.75) is 63.5 Å². The molecule has 2 fully saturated rings. The molecule has 1 spiro atoms. The normalized spacial score (nSPS) is 26.8. The molecule has 1 heterocycles. The van der Waals surface area contributed by atoms with Gasteiger partial charge in [0, 0.05) is 29.4 Å². The number of hydrogen-bond acceptors (Lipinski definition) is 3. The highest BCUT2D eigenvalue weighted by Gasteiger charge is 2.50. The second kappa shape index (κ2) is 6.90. The first-order chi connectivity index (χ1) is 10.00. The van der Waals surface area contributed by atoms with Crippen molar-refractivity contribution in [3.8, 4) is 0 Å². The Hall–Kier alpha value is -0.910. The Morgan fingerprint density at radius 3 is 2.52 bits per heavy atom. The van der Waals surface area contributed by atoms with E-state index in [1.54, 1.807) is 11.2 Å². The molecule has 0 bridgehead atoms. The van der Waals surface area contributed by atoms with E-state index in [4.69, 9.17) is 0 Å². The average molecular weight is 314 g/mol. The van der Waals surface area contributed by atoms with Gasteiger partial charge in [0.15, 0.2) is 0 Å². The lowest BCUT2D eigenvalue weighted by Gasteiger charge is -2.47. The van der Waals surface area contributed by atoms with E-state index in [1.165, 1.54) is 0 Å². The molecule has 0 aromatic rings. The number of amides is 2. The van der Waals surface area contributed by atoms with E-state index < -0.39 is 16.3 Å². The highest BCUT2D eigenvalue weighted by molar-refractivity contribution is 7.84. The number of carbonyl (C=O) groups is 2. The number of nitrogens with zero attached hydrogens (tertiary/aromatic N) is 1. The first-order valence-electron chi connectivity index (χ1n) is 7.93. The minimum absolute atomic E-state index is 0.0170. The van der Waals surface area contributed by atoms with Crippen LogP contribution >= 0.6 is 0 Å². The highest BCUT2D eigenvalue weighted by Crippen LogP contribution is 2.33. The third kappa shape index (κ3) is 3.47. The molecule has 2 unspecified atom stereocenters. The van der Waals surface area contributed by atoms with Crippen LogP contribution < -0.4 is 5.32 Å². The maximum atomic E-state index is 12.9. The van der Waals surface area contributed by atoms with Gasteiger partial charge in [-0.2, -0.15) is 0 Å². The largest absolute Gasteiger partial charge is 0.340 e. The fourth-order valence-corrected chi connectivity index (χ4v) is 4.06. The summed E-state index contributed by atoms with van der Waals surface area (Å²) >= 11 is 0. The lowest BCUT2D eigenvalue weighted by atomic mass is 9.78. The van der Waals surface area contributed by atoms with Gasteiger partial charge in [0.2, 0.25) is 11.8 Å². The Bertz CT molecular complexity index is 433. The molecule has 0 aromatic heterocycles. The molecule has 1 saturated heterocycles. The van der Waals surface area contributed by atoms with Gasteiger partial charge in [0.1, 0.15) is 11.6 Å². The van der Waals surface area contributed by atoms with Gasteiger partial charge in [-0.25, -0.2) is 0 Å². The second-order valence-electron chi connectivity index (χ2n) is 6.19. The maximum absolute atomic E-state index is 12.9. The van der Waals surface area contributed by atoms with Crippen molar-refractivity contribution in [3.63, 3.8) is 0 Å². The summed E-state index contributed by atoms with van der Waals surface area (Å²) in [7, 11) is -0.855. The molecule has 1 aliphatic heterocycles. The summed E-state index contributed by atoms with van der Waals surface area (Å²) in [4.78, 5) is 27.1. The Morgan fingerprint density at radius 1 is 1.29 bits per heavy atom. The van der Waals surface area contributed by atoms with Crippen LogP contribution in [-0.2, 0) is 20.4 Å². The number of piperazine rings is 1. The zero-order valence-corrected chi connectivity index (χ0v) is 13.8. The molecule has 1 N–H and O–H groups in total. The summed E-state index contributed by atoms with van der Waals surface area (Å²) in [5.41, 5.74) is -0.660. The van der Waals surface area contributed by atoms with Gasteiger partial charge >= 0.3 is 0 Å². The maximum Gasteiger partial charge on any atom is 0.249 e. The fraction of sp³-hybridized carbons (Fsp3) is 0.867. The van der Waals surface area contributed by atoms with Crippen molar-refractivity contribution in [1.29, 1.82) is 0 Å². The van der Waals surface area contributed by atoms with Gasteiger partial charge in [-0.15, -0.1) is 0 Å². The standard InChI is InChI=1S/C15H26N2O3S/c1-3-12-13(18)16-15(8-5-4-6-9-15)14(19)17(12)10-7-11-21(2)20/h12H,3-11H2,1-2H3,(H,16,18). The molecule has 0 aromatic carbocycles. The van der Waals surface area contributed by atoms with Crippen molar-refractivity contribution in [3.05, 3.63) is 0 Å². The molecule has 21 heavy (non-hydrogen) atoms. The van der Waals surface area contributed by atoms with Crippen LogP contribution in [0, 0.1) is 0 Å². The van der Waals surface area contributed by atoms with Crippen LogP contribution in [-0.4, -0.2) is 51.1 Å². The predicted octanol–water partition coefficient (Wildman–Crippen LogP) is 1.19. The first-order valence-corrected chi connectivity index (χ1v) is 9.66. The van der Waals surface area contributed by atoms with E-state index in [0.717, 1.165) is 32.1 Å². The average Bonchev–Trinajstić information content (AvgIpc) is 2.45. The van der Waals surface area contributed by atoms with Crippen molar-refractivity contribution >= 4 is 22.6 Å². The zero-order chi connectivity index (χ0) is 15.5. The first kappa shape index (κ1) is 16.5. The van der Waals surface area contributed by atoms with Gasteiger partial charge in [-0.05, 0) is 25.7 Å². The minimum atomic E-state index is -0.855. The minimum Gasteiger partial charge on any atom is -0.340 e. The molecule has 5 nitrogen and oxygen atoms in total. The second-order valence-corrected chi connectivity index (χ2v) is 7.74. The van der Waals surface area contributed by atoms with Crippen molar-refractivity contribution in [2.75, 3.05) is 18.6 Å². The topological polar surface area (TPSA) is 66.5 Å². The van der Waals surface area contributed by atoms with E-state index in [2.05, 4.69) is 5.32 Å². The van der Waals surface area contributed by atoms with Crippen molar-refractivity contribution in [2.24, 2.45) is 0 Å². The summed E-state index contributed by atoms with van der Waals surface area (Å²) in [5, 5.41) is 3.02. The molecule has 0 radical (unpaired) electrons. The molecular weight excluding hydrogens is 288 g/mol. The molecule has 1 aliphatic carbocycles. The van der Waals surface area contributed by atoms with Crippen LogP contribution in [0.15, 0.2) is 0 Å². The Morgan fingerprint density at radius 2 is 1.95 bits per heavy atom. The molecular formula is C15H26N2O3S. The van der Waals surface area contributed by atoms with Crippen molar-refractivity contribution < 1.29 is 13.8 Å². The lowest BCUT2D eigenvalue weighted by Crippen LogP contribution is -2.70. The SMILES string of the molecule is CCC1C(=O)NC2(CCCCC2)C(=O)N1CCCS(C)=O. The van der Waals surface area contributed by atoms with E-state index in [9.17, 15) is 13.8 Å². The van der Waals surface area contributed by atoms with Gasteiger partial charge in [0.25, 0.3) is 0 Å². The quantitative estimate of drug-likeness (QED) is 0.829. The van der Waals surface area contributed by atoms with E-state index in [0.29, 0.717) is 25.1 Å². The smallest absolute Gasteiger partial charge is 0.249 e. The van der Waals surface area contributed by atoms with Gasteiger partial charge in [-0.1, -0.05) is 26.2 Å². The van der Waals surface area contributed by atoms with Gasteiger partial charge < -0.3 is 10.2 Å². The Kier molecular flexibility index (Phi) is 5.41. The van der Waals surface area contributed by atoms with Crippen LogP contribution in [0.2, 0.25) is 0 Å². The van der Waals surface area contributed by atoms with Gasteiger partial charge in [-0.3, -0.25) is 13.8 Å². The van der Waals surface area contributed by atoms with Crippen LogP contribution in [0.3, 0.4) is 0 Å². The molecule has 6 heteroatoms. The summed E-state index contributed by atoms with van der Waals surface area (Å²) < 4.78 is 11.2. The van der Waals surface area contributed by atoms with Crippen LogP contribution in [0.1, 0.15) is 51.9 Å². The number of nitrogens with one attached hydrogen (secondary N) is 1. The summed E-state index contributed by atoms with van der Waals surface area (Å²) in [5.74, 6) is 0.640. The molecule has 2 amide bonds. The number of carbonyl (C=O) groups excluding carboxylic acids is 2. The third-order valence-corrected chi connectivity index (χ3v) is 5.50. The van der Waals surface area contributed by atoms with Crippen LogP contribution in [0.5, 0.6) is 0 Å². The fourth-order valence-electron chi connectivity index (χ4n) is 3.53. The zero-order valence-electron chi connectivity index (χ0n) is 13.0. The summed E-state index contributed by atoms with van der Waals surface area (Å²) in [6, 6.07) is -0.365. The monoisotopic (exact) mass is 314 g/mol. The van der Waals surface area contributed by atoms with E-state index in [-0.39, 0.29) is 17.9 Å². The molecule has 2 aliphatic rings. The Balaban J connectivity index is 2.14. The summed E-state index contributed by atoms with van der Waals surface area (Å²) in [6.45, 7) is 2.47. The van der Waals surface area contributed by atoms with Crippen LogP contribution in [0.4, 0.5) is 0 Å². The highest BCUT2D eigenvalue weighted by atomic mass is 32.2. The Labute approximate surface area is 129 Å². The van der Waals surface area contributed by atoms with E-state index in [1.807, 2.05) is 6.92 Å². The molecule has 2 atom stereocenters. The van der Waals surface area contributed by atoms with Crippen LogP contribution in [0.25, 0.3) is 0 Å². The van der Waals surface area contributed by atoms with E-state index >= 15 is 0 Å². The number of rotatable bonds is 5. The summed E-state index contributed by atoms with van der Waals surface area (Å²) in [6.07, 6.45) is 7.62. The predicted molar refractivity (Wildman–Crippen MR) is 83.3 cm³/mol. The number of hydrogen-bond donors (Lipinski definition) is 1. The molecule has 1 saturated carbocycles.